The molecule has 2 nitrogen and oxygen atoms in total. The Labute approximate surface area is 348 Å². The average molecular weight is 761 g/mol. The number of benzene rings is 6. The predicted octanol–water partition coefficient (Wildman–Crippen LogP) is 15.6. The minimum Gasteiger partial charge on any atom is -0.311 e. The van der Waals surface area contributed by atoms with Crippen LogP contribution >= 0.6 is 0 Å². The van der Waals surface area contributed by atoms with Crippen LogP contribution in [0.4, 0.5) is 34.1 Å². The Morgan fingerprint density at radius 1 is 0.414 bits per heavy atom. The molecule has 0 amide bonds. The van der Waals surface area contributed by atoms with Gasteiger partial charge in [-0.15, -0.1) is 0 Å². The highest BCUT2D eigenvalue weighted by molar-refractivity contribution is 5.78. The Balaban J connectivity index is 1.00. The molecule has 0 radical (unpaired) electrons. The molecule has 5 aliphatic carbocycles. The molecule has 4 bridgehead atoms. The molecule has 5 aliphatic rings. The molecule has 0 N–H and O–H groups in total. The molecule has 0 aromatic heterocycles. The van der Waals surface area contributed by atoms with E-state index in [0.29, 0.717) is 11.3 Å². The van der Waals surface area contributed by atoms with Gasteiger partial charge in [-0.25, -0.2) is 0 Å². The summed E-state index contributed by atoms with van der Waals surface area (Å²) in [6, 6.07) is 61.7. The van der Waals surface area contributed by atoms with E-state index in [-0.39, 0.29) is 10.8 Å². The van der Waals surface area contributed by atoms with Gasteiger partial charge in [-0.05, 0) is 182 Å². The molecule has 5 fully saturated rings. The molecule has 5 saturated carbocycles. The normalized spacial score (nSPS) is 26.3. The van der Waals surface area contributed by atoms with E-state index in [2.05, 4.69) is 194 Å². The summed E-state index contributed by atoms with van der Waals surface area (Å²) in [4.78, 5) is 4.84. The lowest BCUT2D eigenvalue weighted by Crippen LogP contribution is -2.48. The Kier molecular flexibility index (Phi) is 9.59. The first-order chi connectivity index (χ1) is 28.3. The van der Waals surface area contributed by atoms with Crippen LogP contribution in [0, 0.1) is 29.1 Å². The van der Waals surface area contributed by atoms with E-state index in [1.165, 1.54) is 96.6 Å². The molecule has 6 aromatic carbocycles. The number of rotatable bonds is 9. The molecule has 2 unspecified atom stereocenters. The number of hydrogen-bond acceptors (Lipinski definition) is 2. The van der Waals surface area contributed by atoms with Crippen LogP contribution in [0.5, 0.6) is 0 Å². The Bertz CT molecular complexity index is 2210. The molecule has 2 heteroatoms. The summed E-state index contributed by atoms with van der Waals surface area (Å²) < 4.78 is 0. The van der Waals surface area contributed by atoms with Gasteiger partial charge in [0.25, 0.3) is 0 Å². The van der Waals surface area contributed by atoms with Crippen molar-refractivity contribution in [3.05, 3.63) is 180 Å². The lowest BCUT2D eigenvalue weighted by Gasteiger charge is -2.57. The molecule has 6 aromatic rings. The molecular weight excluding hydrogens is 701 g/mol. The van der Waals surface area contributed by atoms with Gasteiger partial charge in [0.15, 0.2) is 0 Å². The van der Waals surface area contributed by atoms with E-state index in [9.17, 15) is 0 Å². The van der Waals surface area contributed by atoms with E-state index < -0.39 is 0 Å². The summed E-state index contributed by atoms with van der Waals surface area (Å²) in [5.74, 6) is 3.49. The highest BCUT2D eigenvalue weighted by atomic mass is 15.1. The van der Waals surface area contributed by atoms with E-state index in [1.54, 1.807) is 5.56 Å². The van der Waals surface area contributed by atoms with Crippen LogP contribution in [-0.2, 0) is 10.8 Å². The van der Waals surface area contributed by atoms with Crippen molar-refractivity contribution in [3.63, 3.8) is 0 Å². The van der Waals surface area contributed by atoms with Gasteiger partial charge in [0.1, 0.15) is 0 Å². The van der Waals surface area contributed by atoms with Crippen molar-refractivity contribution < 1.29 is 0 Å². The van der Waals surface area contributed by atoms with Crippen LogP contribution in [0.25, 0.3) is 0 Å². The maximum atomic E-state index is 2.50. The van der Waals surface area contributed by atoms with Gasteiger partial charge in [-0.3, -0.25) is 0 Å². The van der Waals surface area contributed by atoms with Crippen LogP contribution in [0.2, 0.25) is 0 Å². The molecule has 0 spiro atoms. The fourth-order valence-corrected chi connectivity index (χ4v) is 12.6. The smallest absolute Gasteiger partial charge is 0.0461 e. The van der Waals surface area contributed by atoms with Gasteiger partial charge in [0, 0.05) is 39.5 Å². The summed E-state index contributed by atoms with van der Waals surface area (Å²) in [7, 11) is 0. The minimum atomic E-state index is -0.0608. The van der Waals surface area contributed by atoms with Crippen molar-refractivity contribution in [1.29, 1.82) is 0 Å². The molecular formula is C56H60N2. The summed E-state index contributed by atoms with van der Waals surface area (Å²) >= 11 is 0. The number of nitrogens with zero attached hydrogens (tertiary/aromatic N) is 2. The fourth-order valence-electron chi connectivity index (χ4n) is 12.6. The van der Waals surface area contributed by atoms with Crippen molar-refractivity contribution in [3.8, 4) is 0 Å². The van der Waals surface area contributed by atoms with Crippen molar-refractivity contribution in [2.24, 2.45) is 29.1 Å². The van der Waals surface area contributed by atoms with E-state index in [0.717, 1.165) is 30.6 Å². The molecule has 58 heavy (non-hydrogen) atoms. The predicted molar refractivity (Wildman–Crippen MR) is 244 cm³/mol. The van der Waals surface area contributed by atoms with Crippen LogP contribution < -0.4 is 9.80 Å². The number of anilines is 6. The van der Waals surface area contributed by atoms with Crippen LogP contribution in [0.3, 0.4) is 0 Å². The third-order valence-electron chi connectivity index (χ3n) is 15.2. The van der Waals surface area contributed by atoms with Crippen LogP contribution in [-0.4, -0.2) is 0 Å². The van der Waals surface area contributed by atoms with Crippen LogP contribution in [0.1, 0.15) is 102 Å². The first-order valence-corrected chi connectivity index (χ1v) is 22.3. The first-order valence-electron chi connectivity index (χ1n) is 22.3. The van der Waals surface area contributed by atoms with Crippen molar-refractivity contribution >= 4 is 34.1 Å². The van der Waals surface area contributed by atoms with Gasteiger partial charge < -0.3 is 9.80 Å². The third kappa shape index (κ3) is 6.87. The zero-order valence-corrected chi connectivity index (χ0v) is 34.9. The van der Waals surface area contributed by atoms with E-state index in [4.69, 9.17) is 0 Å². The summed E-state index contributed by atoms with van der Waals surface area (Å²) in [5.41, 5.74) is 12.2. The molecule has 0 aliphatic heterocycles. The second kappa shape index (κ2) is 14.9. The average Bonchev–Trinajstić information content (AvgIpc) is 3.25. The summed E-state index contributed by atoms with van der Waals surface area (Å²) in [6.07, 6.45) is 13.5. The van der Waals surface area contributed by atoms with E-state index in [1.807, 2.05) is 0 Å². The number of hydrogen-bond donors (Lipinski definition) is 0. The van der Waals surface area contributed by atoms with Gasteiger partial charge >= 0.3 is 0 Å². The maximum absolute atomic E-state index is 2.50. The molecule has 2 atom stereocenters. The van der Waals surface area contributed by atoms with Gasteiger partial charge in [0.05, 0.1) is 0 Å². The Morgan fingerprint density at radius 2 is 0.759 bits per heavy atom. The highest BCUT2D eigenvalue weighted by Crippen LogP contribution is 2.61. The SMILES string of the molecule is CC(C)(C)C1CCCC(c2ccc(N(c3ccccc3)c3ccccc3)cc2)(c2ccc(N(c3ccccc3)c3ccc(C45CC6CC(CC(C6)C4)C5)cc3)cc2)C1. The monoisotopic (exact) mass is 760 g/mol. The third-order valence-corrected chi connectivity index (χ3v) is 15.2. The molecule has 0 saturated heterocycles. The Hall–Kier alpha value is -5.08. The van der Waals surface area contributed by atoms with E-state index >= 15 is 0 Å². The molecule has 11 rings (SSSR count). The molecule has 294 valence electrons. The molecule has 0 heterocycles. The zero-order chi connectivity index (χ0) is 39.3. The van der Waals surface area contributed by atoms with Gasteiger partial charge in [-0.1, -0.05) is 118 Å². The minimum absolute atomic E-state index is 0.0608. The first kappa shape index (κ1) is 37.2. The summed E-state index contributed by atoms with van der Waals surface area (Å²) in [6.45, 7) is 7.34. The highest BCUT2D eigenvalue weighted by Gasteiger charge is 2.51. The summed E-state index contributed by atoms with van der Waals surface area (Å²) in [5, 5.41) is 0. The lowest BCUT2D eigenvalue weighted by molar-refractivity contribution is -0.00518. The Morgan fingerprint density at radius 3 is 1.12 bits per heavy atom. The standard InChI is InChI=1S/C56H60N2/c1-54(2,3)47-14-13-33-56(40-47,45-23-29-52(30-24-45)57(48-15-7-4-8-16-48)49-17-9-5-10-18-49)46-25-31-53(32-26-46)58(50-19-11-6-12-20-50)51-27-21-44(22-28-51)55-37-41-34-42(38-55)36-43(35-41)39-55/h4-12,15-32,41-43,47H,13-14,33-40H2,1-3H3. The van der Waals surface area contributed by atoms with Gasteiger partial charge in [0.2, 0.25) is 0 Å². The maximum Gasteiger partial charge on any atom is 0.0461 e. The van der Waals surface area contributed by atoms with Crippen molar-refractivity contribution in [2.75, 3.05) is 9.80 Å². The second-order valence-corrected chi connectivity index (χ2v) is 19.8. The van der Waals surface area contributed by atoms with Gasteiger partial charge in [-0.2, -0.15) is 0 Å². The lowest BCUT2D eigenvalue weighted by atomic mass is 9.48. The van der Waals surface area contributed by atoms with Crippen molar-refractivity contribution in [2.45, 2.75) is 95.8 Å². The number of para-hydroxylation sites is 3. The zero-order valence-electron chi connectivity index (χ0n) is 34.9. The quantitative estimate of drug-likeness (QED) is 0.145. The second-order valence-electron chi connectivity index (χ2n) is 19.8. The van der Waals surface area contributed by atoms with Crippen LogP contribution in [0.15, 0.2) is 164 Å². The van der Waals surface area contributed by atoms with Crippen molar-refractivity contribution in [1.82, 2.24) is 0 Å². The largest absolute Gasteiger partial charge is 0.311 e. The fraction of sp³-hybridized carbons (Fsp3) is 0.357. The topological polar surface area (TPSA) is 6.48 Å².